The Morgan fingerprint density at radius 1 is 1.10 bits per heavy atom. The van der Waals surface area contributed by atoms with E-state index in [1.165, 1.54) is 18.2 Å². The van der Waals surface area contributed by atoms with Crippen LogP contribution in [0.2, 0.25) is 0 Å². The number of benzene rings is 1. The molecule has 2 amide bonds. The average Bonchev–Trinajstić information content (AvgIpc) is 2.59. The van der Waals surface area contributed by atoms with E-state index in [2.05, 4.69) is 10.3 Å². The van der Waals surface area contributed by atoms with Crippen LogP contribution in [0.15, 0.2) is 18.2 Å². The molecule has 1 aliphatic heterocycles. The van der Waals surface area contributed by atoms with E-state index in [0.717, 1.165) is 5.01 Å². The van der Waals surface area contributed by atoms with Gasteiger partial charge in [-0.05, 0) is 59.7 Å². The minimum atomic E-state index is -0.826. The summed E-state index contributed by atoms with van der Waals surface area (Å²) in [7, 11) is 0. The van der Waals surface area contributed by atoms with Gasteiger partial charge in [0, 0.05) is 25.2 Å². The van der Waals surface area contributed by atoms with Gasteiger partial charge < -0.3 is 14.2 Å². The number of ether oxygens (including phenoxy) is 3. The fourth-order valence-corrected chi connectivity index (χ4v) is 2.74. The quantitative estimate of drug-likeness (QED) is 0.742. The molecule has 1 N–H and O–H groups in total. The van der Waals surface area contributed by atoms with E-state index in [4.69, 9.17) is 14.2 Å². The van der Waals surface area contributed by atoms with Crippen molar-refractivity contribution in [3.05, 3.63) is 29.6 Å². The molecular formula is C21H32FN3O5. The topological polar surface area (TPSA) is 80.3 Å². The zero-order valence-electron chi connectivity index (χ0n) is 18.6. The van der Waals surface area contributed by atoms with E-state index in [1.807, 2.05) is 0 Å². The second-order valence-corrected chi connectivity index (χ2v) is 9.09. The third-order valence-corrected chi connectivity index (χ3v) is 3.96. The van der Waals surface area contributed by atoms with Crippen LogP contribution < -0.4 is 10.4 Å². The lowest BCUT2D eigenvalue weighted by Crippen LogP contribution is -2.50. The molecular weight excluding hydrogens is 393 g/mol. The van der Waals surface area contributed by atoms with Gasteiger partial charge in [-0.2, -0.15) is 5.01 Å². The molecule has 1 aromatic carbocycles. The SMILES string of the molecule is CC(C)(C)OC(=O)NN(C(=O)OC(C)(C)C)c1ccc(F)c(CN2CCOCC2)c1. The molecule has 0 bridgehead atoms. The number of carbonyl (C=O) groups excluding carboxylic acids is 2. The molecule has 0 atom stereocenters. The van der Waals surface area contributed by atoms with Crippen LogP contribution in [-0.4, -0.2) is 54.6 Å². The monoisotopic (exact) mass is 425 g/mol. The average molecular weight is 426 g/mol. The van der Waals surface area contributed by atoms with Crippen molar-refractivity contribution in [3.63, 3.8) is 0 Å². The molecule has 8 nitrogen and oxygen atoms in total. The molecule has 9 heteroatoms. The number of hydrogen-bond acceptors (Lipinski definition) is 6. The van der Waals surface area contributed by atoms with Crippen molar-refractivity contribution in [2.24, 2.45) is 0 Å². The van der Waals surface area contributed by atoms with Gasteiger partial charge in [0.2, 0.25) is 0 Å². The lowest BCUT2D eigenvalue weighted by Gasteiger charge is -2.30. The molecule has 0 aliphatic carbocycles. The summed E-state index contributed by atoms with van der Waals surface area (Å²) in [5.41, 5.74) is 1.52. The third-order valence-electron chi connectivity index (χ3n) is 3.96. The Balaban J connectivity index is 2.28. The standard InChI is InChI=1S/C21H32FN3O5/c1-20(2,3)29-18(26)23-25(19(27)30-21(4,5)6)16-7-8-17(22)15(13-16)14-24-9-11-28-12-10-24/h7-8,13H,9-12,14H2,1-6H3,(H,23,26). The van der Waals surface area contributed by atoms with Crippen LogP contribution >= 0.6 is 0 Å². The molecule has 1 fully saturated rings. The molecule has 0 spiro atoms. The molecule has 1 aromatic rings. The Hall–Kier alpha value is -2.39. The van der Waals surface area contributed by atoms with E-state index in [0.29, 0.717) is 38.4 Å². The van der Waals surface area contributed by atoms with Crippen molar-refractivity contribution >= 4 is 17.9 Å². The normalized spacial score (nSPS) is 15.4. The van der Waals surface area contributed by atoms with Gasteiger partial charge in [0.15, 0.2) is 0 Å². The van der Waals surface area contributed by atoms with Crippen LogP contribution in [0.1, 0.15) is 47.1 Å². The summed E-state index contributed by atoms with van der Waals surface area (Å²) in [6.45, 7) is 13.2. The van der Waals surface area contributed by atoms with Gasteiger partial charge in [-0.15, -0.1) is 0 Å². The Morgan fingerprint density at radius 2 is 1.70 bits per heavy atom. The Kier molecular flexibility index (Phi) is 7.65. The number of amides is 2. The fraction of sp³-hybridized carbons (Fsp3) is 0.619. The second-order valence-electron chi connectivity index (χ2n) is 9.09. The number of nitrogens with one attached hydrogen (secondary N) is 1. The minimum Gasteiger partial charge on any atom is -0.443 e. The first-order valence-electron chi connectivity index (χ1n) is 9.95. The third kappa shape index (κ3) is 7.79. The van der Waals surface area contributed by atoms with E-state index < -0.39 is 29.2 Å². The van der Waals surface area contributed by atoms with Crippen molar-refractivity contribution in [2.75, 3.05) is 31.3 Å². The first kappa shape index (κ1) is 23.9. The molecule has 168 valence electrons. The number of halogens is 1. The summed E-state index contributed by atoms with van der Waals surface area (Å²) in [4.78, 5) is 27.1. The van der Waals surface area contributed by atoms with Gasteiger partial charge in [-0.3, -0.25) is 4.90 Å². The minimum absolute atomic E-state index is 0.264. The van der Waals surface area contributed by atoms with E-state index in [1.54, 1.807) is 41.5 Å². The maximum atomic E-state index is 14.4. The first-order chi connectivity index (χ1) is 13.8. The zero-order valence-corrected chi connectivity index (χ0v) is 18.6. The number of hydrogen-bond donors (Lipinski definition) is 1. The van der Waals surface area contributed by atoms with Gasteiger partial charge in [-0.25, -0.2) is 19.4 Å². The molecule has 0 aromatic heterocycles. The number of rotatable bonds is 3. The summed E-state index contributed by atoms with van der Waals surface area (Å²) >= 11 is 0. The highest BCUT2D eigenvalue weighted by atomic mass is 19.1. The summed E-state index contributed by atoms with van der Waals surface area (Å²) < 4.78 is 30.4. The van der Waals surface area contributed by atoms with Crippen molar-refractivity contribution in [2.45, 2.75) is 59.3 Å². The lowest BCUT2D eigenvalue weighted by molar-refractivity contribution is 0.0337. The van der Waals surface area contributed by atoms with Crippen molar-refractivity contribution in [1.82, 2.24) is 10.3 Å². The maximum absolute atomic E-state index is 14.4. The van der Waals surface area contributed by atoms with Crippen molar-refractivity contribution in [1.29, 1.82) is 0 Å². The van der Waals surface area contributed by atoms with Crippen LogP contribution in [0.5, 0.6) is 0 Å². The Bertz CT molecular complexity index is 752. The van der Waals surface area contributed by atoms with Gasteiger partial charge in [-0.1, -0.05) is 0 Å². The van der Waals surface area contributed by atoms with Crippen LogP contribution in [0, 0.1) is 5.82 Å². The van der Waals surface area contributed by atoms with Crippen LogP contribution in [-0.2, 0) is 20.8 Å². The molecule has 0 saturated carbocycles. The van der Waals surface area contributed by atoms with Crippen LogP contribution in [0.3, 0.4) is 0 Å². The highest BCUT2D eigenvalue weighted by Crippen LogP contribution is 2.22. The number of anilines is 1. The summed E-state index contributed by atoms with van der Waals surface area (Å²) in [5.74, 6) is -0.397. The van der Waals surface area contributed by atoms with Gasteiger partial charge in [0.1, 0.15) is 17.0 Å². The predicted molar refractivity (Wildman–Crippen MR) is 111 cm³/mol. The summed E-state index contributed by atoms with van der Waals surface area (Å²) in [5, 5.41) is 0.932. The molecule has 2 rings (SSSR count). The molecule has 1 aliphatic rings. The lowest BCUT2D eigenvalue weighted by atomic mass is 10.1. The van der Waals surface area contributed by atoms with Gasteiger partial charge in [0.25, 0.3) is 0 Å². The largest absolute Gasteiger partial charge is 0.443 e. The second kappa shape index (κ2) is 9.61. The number of hydrazine groups is 1. The van der Waals surface area contributed by atoms with E-state index in [-0.39, 0.29) is 5.69 Å². The molecule has 0 unspecified atom stereocenters. The van der Waals surface area contributed by atoms with E-state index >= 15 is 0 Å². The maximum Gasteiger partial charge on any atom is 0.434 e. The van der Waals surface area contributed by atoms with E-state index in [9.17, 15) is 14.0 Å². The van der Waals surface area contributed by atoms with Gasteiger partial charge in [0.05, 0.1) is 18.9 Å². The summed E-state index contributed by atoms with van der Waals surface area (Å²) in [6.07, 6.45) is -1.63. The fourth-order valence-electron chi connectivity index (χ4n) is 2.74. The molecule has 0 radical (unpaired) electrons. The molecule has 1 saturated heterocycles. The Morgan fingerprint density at radius 3 is 2.27 bits per heavy atom. The van der Waals surface area contributed by atoms with Crippen molar-refractivity contribution in [3.8, 4) is 0 Å². The van der Waals surface area contributed by atoms with Crippen molar-refractivity contribution < 1.29 is 28.2 Å². The highest BCUT2D eigenvalue weighted by molar-refractivity contribution is 5.90. The molecule has 1 heterocycles. The Labute approximate surface area is 177 Å². The van der Waals surface area contributed by atoms with Gasteiger partial charge >= 0.3 is 12.2 Å². The smallest absolute Gasteiger partial charge is 0.434 e. The zero-order chi connectivity index (χ0) is 22.5. The molecule has 30 heavy (non-hydrogen) atoms. The first-order valence-corrected chi connectivity index (χ1v) is 9.95. The van der Waals surface area contributed by atoms with Crippen LogP contribution in [0.4, 0.5) is 19.7 Å². The number of carbonyl (C=O) groups is 2. The van der Waals surface area contributed by atoms with Crippen LogP contribution in [0.25, 0.3) is 0 Å². The summed E-state index contributed by atoms with van der Waals surface area (Å²) in [6, 6.07) is 4.19. The predicted octanol–water partition coefficient (Wildman–Crippen LogP) is 3.84. The number of morpholine rings is 1. The number of nitrogens with zero attached hydrogens (tertiary/aromatic N) is 2. The highest BCUT2D eigenvalue weighted by Gasteiger charge is 2.28.